The smallest absolute Gasteiger partial charge is 0.541 e. The SMILES string of the molecule is Cc1ccc2c(c1)C(=O)C(=O)N2.Nc1ccc([N+](=O)[O-])cc1C(=O)C(=O)[O-].Nc1ccc([N+](=O)[O-])cc1C(O)CO.[Na+]. The first-order valence-electron chi connectivity index (χ1n) is 11.3. The van der Waals surface area contributed by atoms with Crippen LogP contribution in [0.4, 0.5) is 28.4 Å². The summed E-state index contributed by atoms with van der Waals surface area (Å²) in [6.45, 7) is 1.36. The quantitative estimate of drug-likeness (QED) is 0.0493. The predicted octanol–water partition coefficient (Wildman–Crippen LogP) is -2.55. The second kappa shape index (κ2) is 15.3. The van der Waals surface area contributed by atoms with Crippen molar-refractivity contribution in [3.63, 3.8) is 0 Å². The van der Waals surface area contributed by atoms with E-state index in [1.807, 2.05) is 13.0 Å². The van der Waals surface area contributed by atoms with Gasteiger partial charge in [-0.15, -0.1) is 0 Å². The number of nitrogens with two attached hydrogens (primary N) is 2. The van der Waals surface area contributed by atoms with Gasteiger partial charge in [0.25, 0.3) is 23.1 Å². The summed E-state index contributed by atoms with van der Waals surface area (Å²) in [6.07, 6.45) is -1.19. The van der Waals surface area contributed by atoms with Gasteiger partial charge in [0.2, 0.25) is 5.78 Å². The molecule has 0 spiro atoms. The molecule has 1 unspecified atom stereocenters. The molecule has 1 heterocycles. The molecule has 7 N–H and O–H groups in total. The number of carbonyl (C=O) groups is 4. The van der Waals surface area contributed by atoms with Gasteiger partial charge in [-0.05, 0) is 31.2 Å². The minimum absolute atomic E-state index is 0. The number of hydrogen-bond acceptors (Lipinski definition) is 13. The molecule has 1 amide bonds. The molecule has 1 aliphatic heterocycles. The van der Waals surface area contributed by atoms with Crippen LogP contribution < -0.4 is 51.4 Å². The van der Waals surface area contributed by atoms with Crippen LogP contribution in [0.5, 0.6) is 0 Å². The number of Topliss-reactive ketones (excluding diaryl/α,β-unsaturated/α-hetero) is 2. The van der Waals surface area contributed by atoms with Gasteiger partial charge >= 0.3 is 29.6 Å². The normalized spacial score (nSPS) is 11.7. The van der Waals surface area contributed by atoms with Crippen LogP contribution in [0.2, 0.25) is 0 Å². The number of aryl methyl sites for hydroxylation is 1. The van der Waals surface area contributed by atoms with Crippen LogP contribution >= 0.6 is 0 Å². The average Bonchev–Trinajstić information content (AvgIpc) is 3.21. The van der Waals surface area contributed by atoms with Crippen LogP contribution in [-0.2, 0) is 9.59 Å². The minimum atomic E-state index is -1.96. The number of fused-ring (bicyclic) bond motifs is 1. The van der Waals surface area contributed by atoms with Crippen LogP contribution in [0.3, 0.4) is 0 Å². The summed E-state index contributed by atoms with van der Waals surface area (Å²) in [5, 5.41) is 51.4. The van der Waals surface area contributed by atoms with Gasteiger partial charge in [0.05, 0.1) is 33.3 Å². The number of amides is 1. The second-order valence-corrected chi connectivity index (χ2v) is 8.25. The maximum atomic E-state index is 11.1. The van der Waals surface area contributed by atoms with E-state index >= 15 is 0 Å². The van der Waals surface area contributed by atoms with Crippen molar-refractivity contribution in [3.05, 3.63) is 97.1 Å². The van der Waals surface area contributed by atoms with Crippen LogP contribution in [0.1, 0.15) is 37.9 Å². The molecule has 214 valence electrons. The molecule has 0 saturated heterocycles. The Labute approximate surface area is 258 Å². The first-order valence-corrected chi connectivity index (χ1v) is 11.3. The third-order valence-corrected chi connectivity index (χ3v) is 5.36. The Morgan fingerprint density at radius 2 is 1.48 bits per heavy atom. The number of benzene rings is 3. The Hall–Kier alpha value is -4.74. The molecule has 1 atom stereocenters. The first kappa shape index (κ1) is 35.3. The van der Waals surface area contributed by atoms with Crippen molar-refractivity contribution in [2.24, 2.45) is 0 Å². The Balaban J connectivity index is 0.000000313. The van der Waals surface area contributed by atoms with Crippen molar-refractivity contribution < 1.29 is 73.9 Å². The number of nitrogens with zero attached hydrogens (tertiary/aromatic N) is 2. The number of aliphatic hydroxyl groups excluding tert-OH is 2. The van der Waals surface area contributed by atoms with Crippen LogP contribution in [-0.4, -0.2) is 50.1 Å². The van der Waals surface area contributed by atoms with Crippen molar-refractivity contribution in [2.75, 3.05) is 23.4 Å². The van der Waals surface area contributed by atoms with Crippen molar-refractivity contribution >= 4 is 51.9 Å². The van der Waals surface area contributed by atoms with Gasteiger partial charge in [0, 0.05) is 41.2 Å². The number of aliphatic carboxylic acids is 1. The third-order valence-electron chi connectivity index (χ3n) is 5.36. The molecule has 16 nitrogen and oxygen atoms in total. The summed E-state index contributed by atoms with van der Waals surface area (Å²) >= 11 is 0. The second-order valence-electron chi connectivity index (χ2n) is 8.25. The fourth-order valence-electron chi connectivity index (χ4n) is 3.28. The van der Waals surface area contributed by atoms with E-state index < -0.39 is 57.3 Å². The summed E-state index contributed by atoms with van der Waals surface area (Å²) in [5.41, 5.74) is 12.1. The number of nitro benzene ring substituents is 2. The molecule has 0 bridgehead atoms. The van der Waals surface area contributed by atoms with Gasteiger partial charge < -0.3 is 36.9 Å². The summed E-state index contributed by atoms with van der Waals surface area (Å²) in [5.74, 6) is -4.30. The van der Waals surface area contributed by atoms with Gasteiger partial charge in [-0.2, -0.15) is 0 Å². The zero-order valence-electron chi connectivity index (χ0n) is 22.1. The van der Waals surface area contributed by atoms with Crippen molar-refractivity contribution in [1.82, 2.24) is 0 Å². The average molecular weight is 591 g/mol. The third kappa shape index (κ3) is 8.88. The Morgan fingerprint density at radius 3 is 2.00 bits per heavy atom. The van der Waals surface area contributed by atoms with Gasteiger partial charge in [-0.1, -0.05) is 11.6 Å². The Kier molecular flexibility index (Phi) is 12.9. The number of nitrogen functional groups attached to an aromatic ring is 2. The number of hydrogen-bond donors (Lipinski definition) is 5. The number of anilines is 3. The number of carbonyl (C=O) groups excluding carboxylic acids is 4. The van der Waals surface area contributed by atoms with E-state index in [0.717, 1.165) is 29.8 Å². The summed E-state index contributed by atoms with van der Waals surface area (Å²) in [6, 6.07) is 12.0. The minimum Gasteiger partial charge on any atom is -0.541 e. The molecule has 0 saturated carbocycles. The van der Waals surface area contributed by atoms with Crippen molar-refractivity contribution in [1.29, 1.82) is 0 Å². The number of carboxylic acids is 1. The molecule has 0 fully saturated rings. The monoisotopic (exact) mass is 591 g/mol. The molecular formula is C25H22N5NaO11. The number of carboxylic acid groups (broad SMARTS) is 1. The zero-order valence-corrected chi connectivity index (χ0v) is 24.1. The summed E-state index contributed by atoms with van der Waals surface area (Å²) < 4.78 is 0. The topological polar surface area (TPSA) is 282 Å². The Bertz CT molecular complexity index is 1560. The largest absolute Gasteiger partial charge is 1.00 e. The number of nitrogens with one attached hydrogen (secondary N) is 1. The number of aliphatic hydroxyl groups is 2. The van der Waals surface area contributed by atoms with Crippen molar-refractivity contribution in [3.8, 4) is 0 Å². The number of nitro groups is 2. The van der Waals surface area contributed by atoms with Gasteiger partial charge in [0.1, 0.15) is 12.1 Å². The molecular weight excluding hydrogens is 569 g/mol. The molecule has 17 heteroatoms. The van der Waals surface area contributed by atoms with Gasteiger partial charge in [0.15, 0.2) is 0 Å². The molecule has 1 aliphatic rings. The van der Waals surface area contributed by atoms with E-state index in [1.165, 1.54) is 12.1 Å². The number of non-ortho nitro benzene ring substituents is 2. The van der Waals surface area contributed by atoms with E-state index in [2.05, 4.69) is 5.32 Å². The van der Waals surface area contributed by atoms with Crippen molar-refractivity contribution in [2.45, 2.75) is 13.0 Å². The van der Waals surface area contributed by atoms with Gasteiger partial charge in [-0.25, -0.2) is 0 Å². The standard InChI is InChI=1S/C9H7NO2.C8H6N2O5.C8H10N2O4.Na/c1-5-2-3-7-6(4-5)8(11)9(12)10-7;9-6-2-1-4(10(14)15)3-5(6)7(11)8(12)13;9-7-2-1-5(10(13)14)3-6(7)8(12)4-11;/h2-4H,1H3,(H,10,11,12);1-3H,9H2,(H,12,13);1-3,8,11-12H,4,9H2;/q;;;+1/p-1. The summed E-state index contributed by atoms with van der Waals surface area (Å²) in [4.78, 5) is 62.6. The van der Waals surface area contributed by atoms with E-state index in [-0.39, 0.29) is 52.2 Å². The molecule has 0 aliphatic carbocycles. The van der Waals surface area contributed by atoms with E-state index in [1.54, 1.807) is 12.1 Å². The Morgan fingerprint density at radius 1 is 0.929 bits per heavy atom. The maximum Gasteiger partial charge on any atom is 1.00 e. The number of ketones is 2. The van der Waals surface area contributed by atoms with E-state index in [0.29, 0.717) is 11.3 Å². The zero-order chi connectivity index (χ0) is 31.0. The molecule has 42 heavy (non-hydrogen) atoms. The van der Waals surface area contributed by atoms with E-state index in [9.17, 15) is 49.6 Å². The predicted molar refractivity (Wildman–Crippen MR) is 141 cm³/mol. The maximum absolute atomic E-state index is 11.1. The van der Waals surface area contributed by atoms with E-state index in [4.69, 9.17) is 16.6 Å². The molecule has 0 radical (unpaired) electrons. The van der Waals surface area contributed by atoms with Gasteiger partial charge in [-0.3, -0.25) is 34.6 Å². The molecule has 3 aromatic carbocycles. The number of rotatable bonds is 6. The van der Waals surface area contributed by atoms with Crippen LogP contribution in [0.25, 0.3) is 0 Å². The fourth-order valence-corrected chi connectivity index (χ4v) is 3.28. The first-order chi connectivity index (χ1) is 19.2. The van der Waals surface area contributed by atoms with Crippen LogP contribution in [0, 0.1) is 27.2 Å². The molecule has 4 rings (SSSR count). The fraction of sp³-hybridized carbons (Fsp3) is 0.120. The van der Waals surface area contributed by atoms with Crippen LogP contribution in [0.15, 0.2) is 54.6 Å². The summed E-state index contributed by atoms with van der Waals surface area (Å²) in [7, 11) is 0. The molecule has 0 aromatic heterocycles. The molecule has 3 aromatic rings.